The van der Waals surface area contributed by atoms with Crippen LogP contribution in [0.1, 0.15) is 31.4 Å². The van der Waals surface area contributed by atoms with Gasteiger partial charge in [0, 0.05) is 23.5 Å². The lowest BCUT2D eigenvalue weighted by Crippen LogP contribution is -2.54. The third kappa shape index (κ3) is 8.55. The van der Waals surface area contributed by atoms with Gasteiger partial charge in [-0.1, -0.05) is 108 Å². The largest absolute Gasteiger partial charge is 0.352 e. The highest BCUT2D eigenvalue weighted by molar-refractivity contribution is 9.10. The molecule has 0 heterocycles. The summed E-state index contributed by atoms with van der Waals surface area (Å²) in [5, 5.41) is 3.05. The maximum Gasteiger partial charge on any atom is 0.264 e. The molecule has 0 aliphatic heterocycles. The molecule has 0 spiro atoms. The quantitative estimate of drug-likeness (QED) is 0.185. The molecule has 2 unspecified atom stereocenters. The van der Waals surface area contributed by atoms with E-state index in [2.05, 4.69) is 21.2 Å². The zero-order chi connectivity index (χ0) is 30.8. The summed E-state index contributed by atoms with van der Waals surface area (Å²) in [4.78, 5) is 29.8. The Labute approximate surface area is 262 Å². The Morgan fingerprint density at radius 1 is 0.814 bits per heavy atom. The molecule has 0 saturated heterocycles. The molecule has 4 rings (SSSR count). The predicted octanol–water partition coefficient (Wildman–Crippen LogP) is 6.20. The normalized spacial score (nSPS) is 12.6. The maximum atomic E-state index is 14.4. The van der Waals surface area contributed by atoms with Gasteiger partial charge in [-0.05, 0) is 54.8 Å². The second kappa shape index (κ2) is 15.0. The fraction of sp³-hybridized carbons (Fsp3) is 0.235. The van der Waals surface area contributed by atoms with Gasteiger partial charge in [0.1, 0.15) is 12.6 Å². The minimum atomic E-state index is -4.14. The third-order valence-electron chi connectivity index (χ3n) is 7.17. The van der Waals surface area contributed by atoms with Crippen molar-refractivity contribution >= 4 is 43.5 Å². The van der Waals surface area contributed by atoms with Crippen molar-refractivity contribution in [2.24, 2.45) is 0 Å². The number of sulfonamides is 1. The number of hydrogen-bond acceptors (Lipinski definition) is 4. The van der Waals surface area contributed by atoms with E-state index in [0.29, 0.717) is 10.2 Å². The summed E-state index contributed by atoms with van der Waals surface area (Å²) in [6.07, 6.45) is 0.992. The molecule has 224 valence electrons. The number of amides is 2. The number of carbonyl (C=O) groups is 2. The number of hydrogen-bond donors (Lipinski definition) is 1. The Balaban J connectivity index is 1.79. The van der Waals surface area contributed by atoms with Gasteiger partial charge >= 0.3 is 0 Å². The van der Waals surface area contributed by atoms with Crippen molar-refractivity contribution in [1.82, 2.24) is 10.2 Å². The summed E-state index contributed by atoms with van der Waals surface area (Å²) < 4.78 is 29.8. The molecule has 0 saturated carbocycles. The van der Waals surface area contributed by atoms with Gasteiger partial charge in [-0.25, -0.2) is 8.42 Å². The minimum absolute atomic E-state index is 0.0627. The van der Waals surface area contributed by atoms with E-state index in [9.17, 15) is 18.0 Å². The smallest absolute Gasteiger partial charge is 0.264 e. The molecular weight excluding hydrogens is 626 g/mol. The van der Waals surface area contributed by atoms with Crippen LogP contribution in [-0.2, 0) is 32.6 Å². The van der Waals surface area contributed by atoms with Crippen molar-refractivity contribution in [1.29, 1.82) is 0 Å². The lowest BCUT2D eigenvalue weighted by molar-refractivity contribution is -0.140. The van der Waals surface area contributed by atoms with Crippen molar-refractivity contribution in [3.8, 4) is 0 Å². The fourth-order valence-corrected chi connectivity index (χ4v) is 6.47. The Hall–Kier alpha value is -3.95. The summed E-state index contributed by atoms with van der Waals surface area (Å²) in [7, 11) is -4.14. The Bertz CT molecular complexity index is 1600. The first-order valence-corrected chi connectivity index (χ1v) is 16.4. The van der Waals surface area contributed by atoms with Gasteiger partial charge in [0.05, 0.1) is 10.6 Å². The molecule has 2 atom stereocenters. The average molecular weight is 663 g/mol. The summed E-state index contributed by atoms with van der Waals surface area (Å²) in [6.45, 7) is 3.53. The SMILES string of the molecule is CCC(C)NC(=O)C(Cc1ccccc1)N(Cc1ccccc1)C(=O)CN(c1cccc(Br)c1)S(=O)(=O)c1ccccc1. The molecule has 9 heteroatoms. The highest BCUT2D eigenvalue weighted by Crippen LogP contribution is 2.27. The Morgan fingerprint density at radius 3 is 1.98 bits per heavy atom. The number of benzene rings is 4. The van der Waals surface area contributed by atoms with Crippen molar-refractivity contribution < 1.29 is 18.0 Å². The van der Waals surface area contributed by atoms with Crippen LogP contribution in [0.2, 0.25) is 0 Å². The average Bonchev–Trinajstić information content (AvgIpc) is 3.02. The highest BCUT2D eigenvalue weighted by atomic mass is 79.9. The van der Waals surface area contributed by atoms with Gasteiger partial charge in [-0.2, -0.15) is 0 Å². The maximum absolute atomic E-state index is 14.4. The molecule has 4 aromatic rings. The van der Waals surface area contributed by atoms with Crippen LogP contribution in [-0.4, -0.2) is 43.8 Å². The van der Waals surface area contributed by atoms with E-state index in [-0.39, 0.29) is 29.8 Å². The van der Waals surface area contributed by atoms with Gasteiger partial charge in [0.25, 0.3) is 10.0 Å². The van der Waals surface area contributed by atoms with E-state index in [1.54, 1.807) is 42.5 Å². The van der Waals surface area contributed by atoms with Crippen molar-refractivity contribution in [2.75, 3.05) is 10.8 Å². The van der Waals surface area contributed by atoms with E-state index in [0.717, 1.165) is 21.9 Å². The first-order valence-electron chi connectivity index (χ1n) is 14.2. The number of anilines is 1. The Kier molecular flexibility index (Phi) is 11.1. The van der Waals surface area contributed by atoms with Gasteiger partial charge in [0.15, 0.2) is 0 Å². The van der Waals surface area contributed by atoms with Gasteiger partial charge in [-0.15, -0.1) is 0 Å². The third-order valence-corrected chi connectivity index (χ3v) is 9.46. The van der Waals surface area contributed by atoms with Crippen LogP contribution in [0.3, 0.4) is 0 Å². The second-order valence-electron chi connectivity index (χ2n) is 10.3. The lowest BCUT2D eigenvalue weighted by atomic mass is 10.0. The standard InChI is InChI=1S/C34H36BrN3O4S/c1-3-26(2)36-34(40)32(22-27-14-7-4-8-15-27)37(24-28-16-9-5-10-17-28)33(39)25-38(30-19-13-18-29(35)23-30)43(41,42)31-20-11-6-12-21-31/h4-21,23,26,32H,3,22,24-25H2,1-2H3,(H,36,40). The van der Waals surface area contributed by atoms with E-state index in [4.69, 9.17) is 0 Å². The summed E-state index contributed by atoms with van der Waals surface area (Å²) in [5.74, 6) is -0.786. The van der Waals surface area contributed by atoms with E-state index >= 15 is 0 Å². The monoisotopic (exact) mass is 661 g/mol. The first-order chi connectivity index (χ1) is 20.7. The molecule has 0 fully saturated rings. The van der Waals surface area contributed by atoms with Crippen molar-refractivity contribution in [3.63, 3.8) is 0 Å². The van der Waals surface area contributed by atoms with Crippen LogP contribution < -0.4 is 9.62 Å². The van der Waals surface area contributed by atoms with E-state index in [1.165, 1.54) is 17.0 Å². The van der Waals surface area contributed by atoms with Gasteiger partial charge in [-0.3, -0.25) is 13.9 Å². The molecule has 0 aromatic heterocycles. The summed E-state index contributed by atoms with van der Waals surface area (Å²) >= 11 is 3.43. The molecule has 43 heavy (non-hydrogen) atoms. The highest BCUT2D eigenvalue weighted by Gasteiger charge is 2.35. The number of carbonyl (C=O) groups excluding carboxylic acids is 2. The van der Waals surface area contributed by atoms with Crippen LogP contribution in [0, 0.1) is 0 Å². The molecule has 7 nitrogen and oxygen atoms in total. The lowest BCUT2D eigenvalue weighted by Gasteiger charge is -2.34. The summed E-state index contributed by atoms with van der Waals surface area (Å²) in [6, 6.07) is 32.8. The zero-order valence-electron chi connectivity index (χ0n) is 24.3. The van der Waals surface area contributed by atoms with E-state index in [1.807, 2.05) is 74.5 Å². The minimum Gasteiger partial charge on any atom is -0.352 e. The molecule has 0 aliphatic carbocycles. The van der Waals surface area contributed by atoms with Gasteiger partial charge < -0.3 is 10.2 Å². The molecule has 1 N–H and O–H groups in total. The number of nitrogens with zero attached hydrogens (tertiary/aromatic N) is 2. The van der Waals surface area contributed by atoms with Crippen LogP contribution in [0.5, 0.6) is 0 Å². The molecule has 2 amide bonds. The number of nitrogens with one attached hydrogen (secondary N) is 1. The molecule has 4 aromatic carbocycles. The topological polar surface area (TPSA) is 86.8 Å². The predicted molar refractivity (Wildman–Crippen MR) is 174 cm³/mol. The second-order valence-corrected chi connectivity index (χ2v) is 13.1. The molecule has 0 aliphatic rings. The molecular formula is C34H36BrN3O4S. The number of halogens is 1. The van der Waals surface area contributed by atoms with Crippen LogP contribution in [0.25, 0.3) is 0 Å². The van der Waals surface area contributed by atoms with Crippen LogP contribution in [0.15, 0.2) is 125 Å². The molecule has 0 bridgehead atoms. The van der Waals surface area contributed by atoms with Crippen molar-refractivity contribution in [3.05, 3.63) is 131 Å². The fourth-order valence-electron chi connectivity index (χ4n) is 4.65. The van der Waals surface area contributed by atoms with Crippen LogP contribution >= 0.6 is 15.9 Å². The first kappa shape index (κ1) is 32.0. The molecule has 0 radical (unpaired) electrons. The zero-order valence-corrected chi connectivity index (χ0v) is 26.7. The van der Waals surface area contributed by atoms with Crippen molar-refractivity contribution in [2.45, 2.75) is 50.2 Å². The number of rotatable bonds is 13. The van der Waals surface area contributed by atoms with Crippen LogP contribution in [0.4, 0.5) is 5.69 Å². The Morgan fingerprint density at radius 2 is 1.40 bits per heavy atom. The van der Waals surface area contributed by atoms with E-state index < -0.39 is 28.5 Å². The van der Waals surface area contributed by atoms with Gasteiger partial charge in [0.2, 0.25) is 11.8 Å². The summed E-state index contributed by atoms with van der Waals surface area (Å²) in [5.41, 5.74) is 2.04.